The van der Waals surface area contributed by atoms with Crippen molar-refractivity contribution in [2.45, 2.75) is 0 Å². The van der Waals surface area contributed by atoms with Crippen LogP contribution in [0.2, 0.25) is 0 Å². The van der Waals surface area contributed by atoms with E-state index >= 15 is 0 Å². The van der Waals surface area contributed by atoms with E-state index in [1.807, 2.05) is 11.3 Å². The van der Waals surface area contributed by atoms with Gasteiger partial charge in [0, 0.05) is 20.2 Å². The van der Waals surface area contributed by atoms with Gasteiger partial charge in [-0.05, 0) is 95.7 Å². The van der Waals surface area contributed by atoms with E-state index in [-0.39, 0.29) is 0 Å². The fraction of sp³-hybridized carbons (Fsp3) is 0. The minimum atomic E-state index is 1.26. The minimum Gasteiger partial charge on any atom is -0.135 e. The van der Waals surface area contributed by atoms with Crippen LogP contribution in [0.3, 0.4) is 0 Å². The van der Waals surface area contributed by atoms with Crippen LogP contribution in [0.5, 0.6) is 0 Å². The van der Waals surface area contributed by atoms with Crippen LogP contribution in [0.4, 0.5) is 0 Å². The predicted octanol–water partition coefficient (Wildman–Crippen LogP) is 11.4. The van der Waals surface area contributed by atoms with E-state index in [4.69, 9.17) is 0 Å². The molecule has 0 aliphatic rings. The SMILES string of the molecule is c1ccc2c(c1)ccc1c(-c3ccc4ccc(-c5cc6ccc7cccc8sc(c5)c6c78)cc4c3)cccc12. The Morgan fingerprint density at radius 2 is 1.03 bits per heavy atom. The summed E-state index contributed by atoms with van der Waals surface area (Å²) in [6.45, 7) is 0. The summed E-state index contributed by atoms with van der Waals surface area (Å²) in [5.41, 5.74) is 5.08. The summed E-state index contributed by atoms with van der Waals surface area (Å²) in [5, 5.41) is 13.2. The Hall–Kier alpha value is -4.72. The number of rotatable bonds is 2. The Bertz CT molecular complexity index is 2390. The molecule has 0 amide bonds. The van der Waals surface area contributed by atoms with Gasteiger partial charge in [-0.25, -0.2) is 0 Å². The minimum absolute atomic E-state index is 1.26. The largest absolute Gasteiger partial charge is 0.135 e. The molecular formula is C38H22S. The smallest absolute Gasteiger partial charge is 0.0367 e. The zero-order valence-corrected chi connectivity index (χ0v) is 21.9. The Kier molecular flexibility index (Phi) is 4.30. The third-order valence-electron chi connectivity index (χ3n) is 8.37. The molecule has 9 rings (SSSR count). The molecule has 180 valence electrons. The maximum atomic E-state index is 2.38. The molecule has 1 heterocycles. The van der Waals surface area contributed by atoms with Crippen LogP contribution in [-0.2, 0) is 0 Å². The molecule has 1 heteroatoms. The number of hydrogen-bond donors (Lipinski definition) is 0. The van der Waals surface area contributed by atoms with Crippen molar-refractivity contribution in [2.75, 3.05) is 0 Å². The van der Waals surface area contributed by atoms with Gasteiger partial charge >= 0.3 is 0 Å². The average Bonchev–Trinajstić information content (AvgIpc) is 3.38. The Labute approximate surface area is 229 Å². The molecule has 0 aliphatic carbocycles. The van der Waals surface area contributed by atoms with Crippen molar-refractivity contribution in [3.05, 3.63) is 133 Å². The summed E-state index contributed by atoms with van der Waals surface area (Å²) >= 11 is 1.90. The first kappa shape index (κ1) is 21.2. The van der Waals surface area contributed by atoms with E-state index in [1.54, 1.807) is 0 Å². The second kappa shape index (κ2) is 7.89. The molecule has 0 fully saturated rings. The van der Waals surface area contributed by atoms with Crippen molar-refractivity contribution in [3.63, 3.8) is 0 Å². The van der Waals surface area contributed by atoms with Gasteiger partial charge in [-0.3, -0.25) is 0 Å². The lowest BCUT2D eigenvalue weighted by Crippen LogP contribution is -1.85. The van der Waals surface area contributed by atoms with E-state index in [9.17, 15) is 0 Å². The molecule has 0 saturated heterocycles. The fourth-order valence-corrected chi connectivity index (χ4v) is 7.72. The topological polar surface area (TPSA) is 0 Å². The monoisotopic (exact) mass is 510 g/mol. The highest BCUT2D eigenvalue weighted by atomic mass is 32.1. The van der Waals surface area contributed by atoms with Gasteiger partial charge in [0.2, 0.25) is 0 Å². The Morgan fingerprint density at radius 3 is 2.00 bits per heavy atom. The van der Waals surface area contributed by atoms with Gasteiger partial charge in [-0.2, -0.15) is 0 Å². The van der Waals surface area contributed by atoms with Crippen molar-refractivity contribution < 1.29 is 0 Å². The van der Waals surface area contributed by atoms with Gasteiger partial charge in [0.1, 0.15) is 0 Å². The van der Waals surface area contributed by atoms with Crippen LogP contribution in [-0.4, -0.2) is 0 Å². The molecule has 1 aromatic heterocycles. The third-order valence-corrected chi connectivity index (χ3v) is 9.48. The molecule has 8 aromatic carbocycles. The van der Waals surface area contributed by atoms with Gasteiger partial charge in [0.15, 0.2) is 0 Å². The molecule has 0 saturated carbocycles. The lowest BCUT2D eigenvalue weighted by molar-refractivity contribution is 1.67. The molecule has 0 spiro atoms. The van der Waals surface area contributed by atoms with Crippen LogP contribution in [0.1, 0.15) is 0 Å². The molecule has 0 radical (unpaired) electrons. The zero-order valence-electron chi connectivity index (χ0n) is 21.1. The zero-order chi connectivity index (χ0) is 25.5. The summed E-state index contributed by atoms with van der Waals surface area (Å²) in [4.78, 5) is 0. The van der Waals surface area contributed by atoms with Crippen molar-refractivity contribution in [1.82, 2.24) is 0 Å². The Morgan fingerprint density at radius 1 is 0.333 bits per heavy atom. The first-order valence-corrected chi connectivity index (χ1v) is 14.2. The van der Waals surface area contributed by atoms with E-state index < -0.39 is 0 Å². The highest BCUT2D eigenvalue weighted by molar-refractivity contribution is 7.26. The lowest BCUT2D eigenvalue weighted by atomic mass is 9.92. The van der Waals surface area contributed by atoms with E-state index in [0.717, 1.165) is 0 Å². The molecule has 0 unspecified atom stereocenters. The maximum Gasteiger partial charge on any atom is 0.0367 e. The summed E-state index contributed by atoms with van der Waals surface area (Å²) < 4.78 is 2.74. The van der Waals surface area contributed by atoms with Gasteiger partial charge in [-0.15, -0.1) is 11.3 Å². The average molecular weight is 511 g/mol. The summed E-state index contributed by atoms with van der Waals surface area (Å²) in [6.07, 6.45) is 0. The van der Waals surface area contributed by atoms with E-state index in [2.05, 4.69) is 133 Å². The molecule has 0 aliphatic heterocycles. The van der Waals surface area contributed by atoms with Crippen molar-refractivity contribution in [1.29, 1.82) is 0 Å². The van der Waals surface area contributed by atoms with Crippen LogP contribution in [0.25, 0.3) is 85.5 Å². The van der Waals surface area contributed by atoms with Gasteiger partial charge < -0.3 is 0 Å². The van der Waals surface area contributed by atoms with Crippen LogP contribution in [0.15, 0.2) is 133 Å². The Balaban J connectivity index is 1.22. The van der Waals surface area contributed by atoms with E-state index in [0.29, 0.717) is 0 Å². The van der Waals surface area contributed by atoms with Crippen molar-refractivity contribution in [3.8, 4) is 22.3 Å². The van der Waals surface area contributed by atoms with E-state index in [1.165, 1.54) is 85.5 Å². The third kappa shape index (κ3) is 3.11. The lowest BCUT2D eigenvalue weighted by Gasteiger charge is -2.12. The highest BCUT2D eigenvalue weighted by Gasteiger charge is 2.13. The second-order valence-corrected chi connectivity index (χ2v) is 11.6. The molecule has 0 N–H and O–H groups in total. The van der Waals surface area contributed by atoms with Gasteiger partial charge in [0.25, 0.3) is 0 Å². The molecule has 9 aromatic rings. The standard InChI is InChI=1S/C38H22S/c1-2-7-31-24(5-1)17-18-34-32(8-4-9-33(31)34)27-15-12-23-11-14-26(19-29(23)20-27)30-21-28-16-13-25-6-3-10-35-37(25)38(28)36(22-30)39-35/h1-22H. The summed E-state index contributed by atoms with van der Waals surface area (Å²) in [7, 11) is 0. The molecular weight excluding hydrogens is 488 g/mol. The normalized spacial score (nSPS) is 12.1. The van der Waals surface area contributed by atoms with Crippen LogP contribution >= 0.6 is 11.3 Å². The quantitative estimate of drug-likeness (QED) is 0.203. The van der Waals surface area contributed by atoms with Crippen molar-refractivity contribution in [2.24, 2.45) is 0 Å². The number of thiophene rings is 1. The molecule has 0 nitrogen and oxygen atoms in total. The predicted molar refractivity (Wildman–Crippen MR) is 171 cm³/mol. The summed E-state index contributed by atoms with van der Waals surface area (Å²) in [5.74, 6) is 0. The molecule has 39 heavy (non-hydrogen) atoms. The molecule has 0 bridgehead atoms. The van der Waals surface area contributed by atoms with Gasteiger partial charge in [0.05, 0.1) is 0 Å². The first-order valence-electron chi connectivity index (χ1n) is 13.4. The van der Waals surface area contributed by atoms with Gasteiger partial charge in [-0.1, -0.05) is 103 Å². The highest BCUT2D eigenvalue weighted by Crippen LogP contribution is 2.43. The van der Waals surface area contributed by atoms with Crippen LogP contribution in [0, 0.1) is 0 Å². The summed E-state index contributed by atoms with van der Waals surface area (Å²) in [6, 6.07) is 49.6. The second-order valence-electron chi connectivity index (χ2n) is 10.6. The maximum absolute atomic E-state index is 2.38. The number of benzene rings is 8. The first-order chi connectivity index (χ1) is 19.3. The van der Waals surface area contributed by atoms with Crippen LogP contribution < -0.4 is 0 Å². The van der Waals surface area contributed by atoms with Crippen molar-refractivity contribution >= 4 is 74.6 Å². The number of fused-ring (bicyclic) bond motifs is 4. The fourth-order valence-electron chi connectivity index (χ4n) is 6.51. The number of hydrogen-bond acceptors (Lipinski definition) is 1. The molecule has 0 atom stereocenters.